The Morgan fingerprint density at radius 3 is 2.94 bits per heavy atom. The minimum absolute atomic E-state index is 0.712. The number of nitrogens with two attached hydrogens (primary N) is 1. The Kier molecular flexibility index (Phi) is 2.28. The first kappa shape index (κ1) is 10.5. The smallest absolute Gasteiger partial charge is 0.103 e. The fraction of sp³-hybridized carbons (Fsp3) is 0.308. The van der Waals surface area contributed by atoms with Crippen LogP contribution in [0.15, 0.2) is 18.2 Å². The summed E-state index contributed by atoms with van der Waals surface area (Å²) in [6.45, 7) is 5.55. The van der Waals surface area contributed by atoms with Gasteiger partial charge in [-0.05, 0) is 19.4 Å². The molecule has 0 spiro atoms. The fourth-order valence-electron chi connectivity index (χ4n) is 2.44. The van der Waals surface area contributed by atoms with Gasteiger partial charge >= 0.3 is 0 Å². The average Bonchev–Trinajstić information content (AvgIpc) is 2.53. The number of hydrogen-bond acceptors (Lipinski definition) is 3. The molecule has 0 atom stereocenters. The van der Waals surface area contributed by atoms with Crippen LogP contribution in [0.3, 0.4) is 0 Å². The maximum atomic E-state index is 6.01. The Balaban J connectivity index is 2.25. The monoisotopic (exact) mass is 228 g/mol. The van der Waals surface area contributed by atoms with Crippen LogP contribution in [0.2, 0.25) is 0 Å². The first-order valence-corrected chi connectivity index (χ1v) is 5.78. The molecule has 2 heterocycles. The summed E-state index contributed by atoms with van der Waals surface area (Å²) in [4.78, 5) is 7.87. The topological polar surface area (TPSA) is 57.9 Å². The lowest BCUT2D eigenvalue weighted by Gasteiger charge is -2.13. The van der Waals surface area contributed by atoms with Crippen molar-refractivity contribution in [1.82, 2.24) is 15.0 Å². The molecule has 0 aliphatic carbocycles. The summed E-state index contributed by atoms with van der Waals surface area (Å²) < 4.78 is 0. The zero-order chi connectivity index (χ0) is 12.0. The van der Waals surface area contributed by atoms with Crippen molar-refractivity contribution in [1.29, 1.82) is 0 Å². The standard InChI is InChI=1S/C13H16N4/c1-8-3-4-11-10(5-8)6-17(14)7-12-13(11)16-9(2)15-12/h3-5H,6-7,14H2,1-2H3,(H,15,16). The molecule has 0 amide bonds. The van der Waals surface area contributed by atoms with Gasteiger partial charge in [0.05, 0.1) is 17.9 Å². The summed E-state index contributed by atoms with van der Waals surface area (Å²) in [5.74, 6) is 6.95. The van der Waals surface area contributed by atoms with Crippen molar-refractivity contribution < 1.29 is 0 Å². The number of rotatable bonds is 0. The minimum atomic E-state index is 0.712. The van der Waals surface area contributed by atoms with Gasteiger partial charge in [-0.3, -0.25) is 5.84 Å². The lowest BCUT2D eigenvalue weighted by Crippen LogP contribution is -2.29. The number of hydrogen-bond donors (Lipinski definition) is 2. The zero-order valence-corrected chi connectivity index (χ0v) is 10.1. The molecule has 4 nitrogen and oxygen atoms in total. The number of aromatic amines is 1. The number of benzene rings is 1. The summed E-state index contributed by atoms with van der Waals surface area (Å²) in [6.07, 6.45) is 0. The second-order valence-electron chi connectivity index (χ2n) is 4.71. The molecule has 0 radical (unpaired) electrons. The third kappa shape index (κ3) is 1.75. The van der Waals surface area contributed by atoms with Crippen LogP contribution < -0.4 is 5.84 Å². The number of fused-ring (bicyclic) bond motifs is 3. The highest BCUT2D eigenvalue weighted by Gasteiger charge is 2.20. The number of aromatic nitrogens is 2. The molecule has 0 unspecified atom stereocenters. The van der Waals surface area contributed by atoms with Gasteiger partial charge in [0, 0.05) is 12.1 Å². The molecule has 1 aromatic heterocycles. The van der Waals surface area contributed by atoms with Crippen LogP contribution in [-0.2, 0) is 13.1 Å². The summed E-state index contributed by atoms with van der Waals surface area (Å²) in [6, 6.07) is 6.45. The van der Waals surface area contributed by atoms with Crippen molar-refractivity contribution >= 4 is 0 Å². The van der Waals surface area contributed by atoms with Crippen LogP contribution in [0.5, 0.6) is 0 Å². The van der Waals surface area contributed by atoms with Gasteiger partial charge < -0.3 is 4.98 Å². The number of nitrogens with zero attached hydrogens (tertiary/aromatic N) is 2. The number of nitrogens with one attached hydrogen (secondary N) is 1. The Morgan fingerprint density at radius 1 is 1.29 bits per heavy atom. The van der Waals surface area contributed by atoms with E-state index in [2.05, 4.69) is 35.1 Å². The predicted octanol–water partition coefficient (Wildman–Crippen LogP) is 1.88. The van der Waals surface area contributed by atoms with Crippen LogP contribution in [0.1, 0.15) is 22.6 Å². The third-order valence-electron chi connectivity index (χ3n) is 3.15. The SMILES string of the molecule is Cc1ccc2c(c1)CN(N)Cc1[nH]c(C)nc1-2. The van der Waals surface area contributed by atoms with Crippen molar-refractivity contribution in [2.24, 2.45) is 5.84 Å². The van der Waals surface area contributed by atoms with Crippen LogP contribution in [0, 0.1) is 13.8 Å². The van der Waals surface area contributed by atoms with Gasteiger partial charge in [0.2, 0.25) is 0 Å². The third-order valence-corrected chi connectivity index (χ3v) is 3.15. The highest BCUT2D eigenvalue weighted by molar-refractivity contribution is 5.67. The lowest BCUT2D eigenvalue weighted by molar-refractivity contribution is 0.266. The number of H-pyrrole nitrogens is 1. The van der Waals surface area contributed by atoms with Gasteiger partial charge in [0.25, 0.3) is 0 Å². The summed E-state index contributed by atoms with van der Waals surface area (Å²) in [5, 5.41) is 1.82. The first-order chi connectivity index (χ1) is 8.13. The average molecular weight is 228 g/mol. The molecular weight excluding hydrogens is 212 g/mol. The van der Waals surface area contributed by atoms with Crippen LogP contribution >= 0.6 is 0 Å². The van der Waals surface area contributed by atoms with E-state index in [0.29, 0.717) is 6.54 Å². The van der Waals surface area contributed by atoms with E-state index in [1.807, 2.05) is 11.9 Å². The van der Waals surface area contributed by atoms with E-state index >= 15 is 0 Å². The molecule has 1 aliphatic heterocycles. The molecule has 3 rings (SSSR count). The van der Waals surface area contributed by atoms with Crippen molar-refractivity contribution in [3.8, 4) is 11.3 Å². The zero-order valence-electron chi connectivity index (χ0n) is 10.1. The number of hydrazine groups is 1. The first-order valence-electron chi connectivity index (χ1n) is 5.78. The number of imidazole rings is 1. The van der Waals surface area contributed by atoms with E-state index in [0.717, 1.165) is 23.8 Å². The highest BCUT2D eigenvalue weighted by atomic mass is 15.4. The molecule has 0 saturated carbocycles. The molecule has 1 aromatic carbocycles. The quantitative estimate of drug-likeness (QED) is 0.677. The van der Waals surface area contributed by atoms with E-state index in [9.17, 15) is 0 Å². The number of aryl methyl sites for hydroxylation is 2. The van der Waals surface area contributed by atoms with E-state index in [-0.39, 0.29) is 0 Å². The van der Waals surface area contributed by atoms with E-state index in [4.69, 9.17) is 5.84 Å². The van der Waals surface area contributed by atoms with E-state index < -0.39 is 0 Å². The molecule has 0 fully saturated rings. The normalized spacial score (nSPS) is 15.2. The van der Waals surface area contributed by atoms with E-state index in [1.165, 1.54) is 16.7 Å². The molecule has 1 aliphatic rings. The lowest BCUT2D eigenvalue weighted by atomic mass is 10.0. The van der Waals surface area contributed by atoms with Crippen molar-refractivity contribution in [2.75, 3.05) is 0 Å². The maximum absolute atomic E-state index is 6.01. The van der Waals surface area contributed by atoms with Crippen LogP contribution in [-0.4, -0.2) is 15.0 Å². The molecular formula is C13H16N4. The largest absolute Gasteiger partial charge is 0.344 e. The maximum Gasteiger partial charge on any atom is 0.103 e. The van der Waals surface area contributed by atoms with Gasteiger partial charge in [0.15, 0.2) is 0 Å². The molecule has 0 bridgehead atoms. The molecule has 4 heteroatoms. The molecule has 0 saturated heterocycles. The molecule has 88 valence electrons. The molecule has 3 N–H and O–H groups in total. The van der Waals surface area contributed by atoms with Gasteiger partial charge in [-0.1, -0.05) is 23.8 Å². The summed E-state index contributed by atoms with van der Waals surface area (Å²) in [7, 11) is 0. The van der Waals surface area contributed by atoms with Crippen molar-refractivity contribution in [3.63, 3.8) is 0 Å². The Morgan fingerprint density at radius 2 is 2.12 bits per heavy atom. The van der Waals surface area contributed by atoms with Crippen molar-refractivity contribution in [2.45, 2.75) is 26.9 Å². The van der Waals surface area contributed by atoms with E-state index in [1.54, 1.807) is 0 Å². The van der Waals surface area contributed by atoms with Gasteiger partial charge in [-0.15, -0.1) is 0 Å². The molecule has 17 heavy (non-hydrogen) atoms. The Bertz CT molecular complexity index is 571. The Hall–Kier alpha value is -1.65. The molecule has 2 aromatic rings. The summed E-state index contributed by atoms with van der Waals surface area (Å²) in [5.41, 5.74) is 5.85. The Labute approximate surface area is 100 Å². The minimum Gasteiger partial charge on any atom is -0.344 e. The van der Waals surface area contributed by atoms with Crippen LogP contribution in [0.25, 0.3) is 11.3 Å². The van der Waals surface area contributed by atoms with Crippen LogP contribution in [0.4, 0.5) is 0 Å². The highest BCUT2D eigenvalue weighted by Crippen LogP contribution is 2.30. The second-order valence-corrected chi connectivity index (χ2v) is 4.71. The van der Waals surface area contributed by atoms with Gasteiger partial charge in [-0.2, -0.15) is 0 Å². The predicted molar refractivity (Wildman–Crippen MR) is 66.9 cm³/mol. The van der Waals surface area contributed by atoms with Crippen molar-refractivity contribution in [3.05, 3.63) is 40.8 Å². The second kappa shape index (κ2) is 3.68. The van der Waals surface area contributed by atoms with Gasteiger partial charge in [-0.25, -0.2) is 9.99 Å². The van der Waals surface area contributed by atoms with Gasteiger partial charge in [0.1, 0.15) is 5.82 Å². The summed E-state index contributed by atoms with van der Waals surface area (Å²) >= 11 is 0. The fourth-order valence-corrected chi connectivity index (χ4v) is 2.44.